The van der Waals surface area contributed by atoms with Gasteiger partial charge in [0, 0.05) is 9.26 Å². The fourth-order valence-electron chi connectivity index (χ4n) is 2.63. The molecule has 2 rings (SSSR count). The monoisotopic (exact) mass is 386 g/mol. The van der Waals surface area contributed by atoms with Crippen molar-refractivity contribution in [2.75, 3.05) is 25.0 Å². The molecule has 1 aliphatic heterocycles. The van der Waals surface area contributed by atoms with Crippen LogP contribution >= 0.6 is 22.6 Å². The van der Waals surface area contributed by atoms with Crippen LogP contribution in [-0.2, 0) is 4.79 Å². The smallest absolute Gasteiger partial charge is 0.238 e. The number of aryl methyl sites for hydroxylation is 1. The second-order valence-electron chi connectivity index (χ2n) is 5.55. The van der Waals surface area contributed by atoms with E-state index < -0.39 is 0 Å². The average molecular weight is 386 g/mol. The van der Waals surface area contributed by atoms with Crippen molar-refractivity contribution in [3.63, 3.8) is 0 Å². The molecule has 0 aromatic heterocycles. The molecule has 0 atom stereocenters. The van der Waals surface area contributed by atoms with Crippen LogP contribution in [0, 0.1) is 10.5 Å². The van der Waals surface area contributed by atoms with Crippen molar-refractivity contribution in [2.45, 2.75) is 39.0 Å². The largest absolute Gasteiger partial charge is 0.325 e. The number of anilines is 1. The number of nitrogens with one attached hydrogen (secondary N) is 1. The standard InChI is InChI=1S/C16H23IN2O/c1-13-11-14(17)7-8-15(13)18-16(20)12-19-9-5-3-2-4-6-10-19/h7-8,11H,2-6,9-10,12H2,1H3,(H,18,20). The second-order valence-corrected chi connectivity index (χ2v) is 6.80. The lowest BCUT2D eigenvalue weighted by Crippen LogP contribution is -2.35. The van der Waals surface area contributed by atoms with Gasteiger partial charge in [-0.2, -0.15) is 0 Å². The topological polar surface area (TPSA) is 32.3 Å². The summed E-state index contributed by atoms with van der Waals surface area (Å²) < 4.78 is 1.20. The predicted octanol–water partition coefficient (Wildman–Crippen LogP) is 3.80. The number of rotatable bonds is 3. The lowest BCUT2D eigenvalue weighted by atomic mass is 10.1. The van der Waals surface area contributed by atoms with Gasteiger partial charge in [-0.05, 0) is 79.2 Å². The van der Waals surface area contributed by atoms with E-state index >= 15 is 0 Å². The minimum absolute atomic E-state index is 0.106. The first-order valence-electron chi connectivity index (χ1n) is 7.43. The molecule has 4 heteroatoms. The van der Waals surface area contributed by atoms with Crippen molar-refractivity contribution in [3.05, 3.63) is 27.3 Å². The second kappa shape index (κ2) is 7.98. The minimum atomic E-state index is 0.106. The minimum Gasteiger partial charge on any atom is -0.325 e. The van der Waals surface area contributed by atoms with Crippen molar-refractivity contribution in [1.29, 1.82) is 0 Å². The van der Waals surface area contributed by atoms with Crippen LogP contribution < -0.4 is 5.32 Å². The maximum absolute atomic E-state index is 12.2. The molecule has 1 N–H and O–H groups in total. The van der Waals surface area contributed by atoms with E-state index in [9.17, 15) is 4.79 Å². The highest BCUT2D eigenvalue weighted by atomic mass is 127. The molecule has 1 aromatic carbocycles. The van der Waals surface area contributed by atoms with E-state index in [4.69, 9.17) is 0 Å². The van der Waals surface area contributed by atoms with E-state index in [1.807, 2.05) is 19.1 Å². The molecule has 0 bridgehead atoms. The summed E-state index contributed by atoms with van der Waals surface area (Å²) in [5.41, 5.74) is 2.06. The van der Waals surface area contributed by atoms with Gasteiger partial charge in [-0.25, -0.2) is 0 Å². The van der Waals surface area contributed by atoms with E-state index in [-0.39, 0.29) is 5.91 Å². The van der Waals surface area contributed by atoms with Crippen molar-refractivity contribution in [2.24, 2.45) is 0 Å². The lowest BCUT2D eigenvalue weighted by molar-refractivity contribution is -0.117. The van der Waals surface area contributed by atoms with E-state index in [0.29, 0.717) is 6.54 Å². The number of nitrogens with zero attached hydrogens (tertiary/aromatic N) is 1. The van der Waals surface area contributed by atoms with Gasteiger partial charge < -0.3 is 5.32 Å². The summed E-state index contributed by atoms with van der Waals surface area (Å²) in [5, 5.41) is 3.04. The summed E-state index contributed by atoms with van der Waals surface area (Å²) >= 11 is 2.29. The molecule has 1 heterocycles. The molecule has 0 saturated carbocycles. The molecule has 110 valence electrons. The molecule has 1 fully saturated rings. The van der Waals surface area contributed by atoms with E-state index in [1.54, 1.807) is 0 Å². The Morgan fingerprint density at radius 1 is 1.20 bits per heavy atom. The maximum Gasteiger partial charge on any atom is 0.238 e. The van der Waals surface area contributed by atoms with Crippen LogP contribution in [0.3, 0.4) is 0 Å². The number of likely N-dealkylation sites (tertiary alicyclic amines) is 1. The number of hydrogen-bond acceptors (Lipinski definition) is 2. The molecule has 0 aliphatic carbocycles. The van der Waals surface area contributed by atoms with Crippen molar-refractivity contribution >= 4 is 34.2 Å². The Kier molecular flexibility index (Phi) is 6.29. The highest BCUT2D eigenvalue weighted by Gasteiger charge is 2.13. The molecular formula is C16H23IN2O. The van der Waals surface area contributed by atoms with E-state index in [2.05, 4.69) is 38.9 Å². The van der Waals surface area contributed by atoms with Crippen molar-refractivity contribution in [1.82, 2.24) is 4.90 Å². The Balaban J connectivity index is 1.87. The van der Waals surface area contributed by atoms with Gasteiger partial charge in [0.25, 0.3) is 0 Å². The summed E-state index contributed by atoms with van der Waals surface area (Å²) in [5.74, 6) is 0.106. The molecule has 0 radical (unpaired) electrons. The maximum atomic E-state index is 12.2. The van der Waals surface area contributed by atoms with Crippen LogP contribution in [0.4, 0.5) is 5.69 Å². The normalized spacial score (nSPS) is 17.3. The van der Waals surface area contributed by atoms with Crippen LogP contribution in [-0.4, -0.2) is 30.4 Å². The quantitative estimate of drug-likeness (QED) is 0.802. The first-order valence-corrected chi connectivity index (χ1v) is 8.51. The van der Waals surface area contributed by atoms with Gasteiger partial charge in [0.2, 0.25) is 5.91 Å². The van der Waals surface area contributed by atoms with Crippen LogP contribution in [0.5, 0.6) is 0 Å². The Hall–Kier alpha value is -0.620. The summed E-state index contributed by atoms with van der Waals surface area (Å²) in [6, 6.07) is 6.11. The Morgan fingerprint density at radius 3 is 2.50 bits per heavy atom. The van der Waals surface area contributed by atoms with Crippen LogP contribution in [0.1, 0.15) is 37.7 Å². The molecule has 1 saturated heterocycles. The van der Waals surface area contributed by atoms with Gasteiger partial charge in [0.1, 0.15) is 0 Å². The molecule has 1 amide bonds. The molecule has 20 heavy (non-hydrogen) atoms. The fourth-order valence-corrected chi connectivity index (χ4v) is 3.28. The Bertz CT molecular complexity index is 454. The summed E-state index contributed by atoms with van der Waals surface area (Å²) in [4.78, 5) is 14.4. The third-order valence-electron chi connectivity index (χ3n) is 3.78. The van der Waals surface area contributed by atoms with Gasteiger partial charge in [-0.3, -0.25) is 9.69 Å². The first-order chi connectivity index (χ1) is 9.65. The fraction of sp³-hybridized carbons (Fsp3) is 0.562. The van der Waals surface area contributed by atoms with E-state index in [0.717, 1.165) is 24.3 Å². The third kappa shape index (κ3) is 5.05. The van der Waals surface area contributed by atoms with Gasteiger partial charge in [0.15, 0.2) is 0 Å². The number of benzene rings is 1. The van der Waals surface area contributed by atoms with Gasteiger partial charge in [-0.15, -0.1) is 0 Å². The highest BCUT2D eigenvalue weighted by molar-refractivity contribution is 14.1. The van der Waals surface area contributed by atoms with Crippen molar-refractivity contribution in [3.8, 4) is 0 Å². The number of hydrogen-bond donors (Lipinski definition) is 1. The zero-order valence-corrected chi connectivity index (χ0v) is 14.3. The Labute approximate surface area is 135 Å². The number of amides is 1. The van der Waals surface area contributed by atoms with Crippen LogP contribution in [0.2, 0.25) is 0 Å². The molecule has 1 aliphatic rings. The predicted molar refractivity (Wildman–Crippen MR) is 92.1 cm³/mol. The van der Waals surface area contributed by atoms with Crippen LogP contribution in [0.25, 0.3) is 0 Å². The number of halogens is 1. The Morgan fingerprint density at radius 2 is 1.85 bits per heavy atom. The summed E-state index contributed by atoms with van der Waals surface area (Å²) in [6.45, 7) is 4.66. The molecule has 3 nitrogen and oxygen atoms in total. The number of carbonyl (C=O) groups is 1. The molecule has 1 aromatic rings. The first kappa shape index (κ1) is 15.8. The van der Waals surface area contributed by atoms with Crippen LogP contribution in [0.15, 0.2) is 18.2 Å². The molecular weight excluding hydrogens is 363 g/mol. The van der Waals surface area contributed by atoms with Crippen molar-refractivity contribution < 1.29 is 4.79 Å². The zero-order chi connectivity index (χ0) is 14.4. The zero-order valence-electron chi connectivity index (χ0n) is 12.1. The summed E-state index contributed by atoms with van der Waals surface area (Å²) in [7, 11) is 0. The lowest BCUT2D eigenvalue weighted by Gasteiger charge is -2.23. The van der Waals surface area contributed by atoms with Gasteiger partial charge >= 0.3 is 0 Å². The highest BCUT2D eigenvalue weighted by Crippen LogP contribution is 2.18. The molecule has 0 spiro atoms. The molecule has 0 unspecified atom stereocenters. The number of carbonyl (C=O) groups excluding carboxylic acids is 1. The SMILES string of the molecule is Cc1cc(I)ccc1NC(=O)CN1CCCCCCC1. The van der Waals surface area contributed by atoms with Gasteiger partial charge in [0.05, 0.1) is 6.54 Å². The van der Waals surface area contributed by atoms with E-state index in [1.165, 1.54) is 35.7 Å². The van der Waals surface area contributed by atoms with Gasteiger partial charge in [-0.1, -0.05) is 19.3 Å². The summed E-state index contributed by atoms with van der Waals surface area (Å²) in [6.07, 6.45) is 6.39. The average Bonchev–Trinajstić information content (AvgIpc) is 2.36. The third-order valence-corrected chi connectivity index (χ3v) is 4.45.